The van der Waals surface area contributed by atoms with Crippen LogP contribution in [-0.4, -0.2) is 35.1 Å². The fraction of sp³-hybridized carbons (Fsp3) is 0.824. The summed E-state index contributed by atoms with van der Waals surface area (Å²) in [5.41, 5.74) is 1.19. The molecule has 1 aromatic heterocycles. The molecular weight excluding hydrogens is 262 g/mol. The van der Waals surface area contributed by atoms with Crippen LogP contribution in [-0.2, 0) is 11.2 Å². The van der Waals surface area contributed by atoms with E-state index in [2.05, 4.69) is 43.0 Å². The Morgan fingerprint density at radius 2 is 2.29 bits per heavy atom. The first-order valence-electron chi connectivity index (χ1n) is 8.61. The monoisotopic (exact) mass is 293 g/mol. The van der Waals surface area contributed by atoms with Crippen LogP contribution in [0.2, 0.25) is 0 Å². The smallest absolute Gasteiger partial charge is 0.0640 e. The highest BCUT2D eigenvalue weighted by Gasteiger charge is 2.20. The summed E-state index contributed by atoms with van der Waals surface area (Å²) in [7, 11) is 0. The van der Waals surface area contributed by atoms with Gasteiger partial charge < -0.3 is 10.1 Å². The first-order chi connectivity index (χ1) is 10.2. The van der Waals surface area contributed by atoms with E-state index in [0.29, 0.717) is 18.2 Å². The first-order valence-corrected chi connectivity index (χ1v) is 8.61. The van der Waals surface area contributed by atoms with E-state index in [9.17, 15) is 0 Å². The summed E-state index contributed by atoms with van der Waals surface area (Å²) in [6, 6.07) is 3.12. The molecule has 2 rings (SSSR count). The van der Waals surface area contributed by atoms with E-state index in [4.69, 9.17) is 9.84 Å². The molecule has 21 heavy (non-hydrogen) atoms. The van der Waals surface area contributed by atoms with E-state index in [1.165, 1.54) is 25.0 Å². The van der Waals surface area contributed by atoms with Gasteiger partial charge >= 0.3 is 0 Å². The first kappa shape index (κ1) is 16.5. The fourth-order valence-electron chi connectivity index (χ4n) is 3.01. The second-order valence-corrected chi connectivity index (χ2v) is 6.23. The van der Waals surface area contributed by atoms with E-state index < -0.39 is 0 Å². The largest absolute Gasteiger partial charge is 0.378 e. The van der Waals surface area contributed by atoms with Crippen LogP contribution in [0.25, 0.3) is 0 Å². The Morgan fingerprint density at radius 1 is 1.43 bits per heavy atom. The highest BCUT2D eigenvalue weighted by molar-refractivity contribution is 5.02. The van der Waals surface area contributed by atoms with Crippen molar-refractivity contribution in [1.29, 1.82) is 0 Å². The van der Waals surface area contributed by atoms with Gasteiger partial charge in [-0.25, -0.2) is 0 Å². The van der Waals surface area contributed by atoms with Crippen molar-refractivity contribution < 1.29 is 4.74 Å². The van der Waals surface area contributed by atoms with E-state index in [0.717, 1.165) is 32.4 Å². The van der Waals surface area contributed by atoms with Gasteiger partial charge in [-0.05, 0) is 51.6 Å². The minimum atomic E-state index is 0.430. The molecule has 3 unspecified atom stereocenters. The van der Waals surface area contributed by atoms with Gasteiger partial charge in [-0.3, -0.25) is 4.68 Å². The summed E-state index contributed by atoms with van der Waals surface area (Å²) in [6.07, 6.45) is 9.51. The summed E-state index contributed by atoms with van der Waals surface area (Å²) in [5.74, 6) is 0. The van der Waals surface area contributed by atoms with Crippen molar-refractivity contribution in [3.05, 3.63) is 18.0 Å². The Kier molecular flexibility index (Phi) is 6.71. The molecule has 4 heteroatoms. The predicted molar refractivity (Wildman–Crippen MR) is 86.6 cm³/mol. The third-order valence-corrected chi connectivity index (χ3v) is 4.48. The minimum absolute atomic E-state index is 0.430. The molecule has 0 radical (unpaired) electrons. The zero-order valence-electron chi connectivity index (χ0n) is 13.8. The molecule has 0 saturated carbocycles. The number of likely N-dealkylation sites (N-methyl/N-ethyl adjacent to an activating group) is 1. The molecule has 1 aliphatic heterocycles. The molecule has 1 N–H and O–H groups in total. The van der Waals surface area contributed by atoms with E-state index >= 15 is 0 Å². The average molecular weight is 293 g/mol. The lowest BCUT2D eigenvalue weighted by Crippen LogP contribution is -2.36. The van der Waals surface area contributed by atoms with Gasteiger partial charge in [0.1, 0.15) is 0 Å². The topological polar surface area (TPSA) is 39.1 Å². The molecule has 3 atom stereocenters. The molecule has 4 nitrogen and oxygen atoms in total. The lowest BCUT2D eigenvalue weighted by atomic mass is 9.99. The standard InChI is InChI=1S/C17H31N3O/c1-4-14(3)20-10-9-15(19-20)12-16(18-5-2)13-17-8-6-7-11-21-17/h9-10,14,16-18H,4-8,11-13H2,1-3H3. The molecule has 0 bridgehead atoms. The molecular formula is C17H31N3O. The van der Waals surface area contributed by atoms with E-state index in [-0.39, 0.29) is 0 Å². The highest BCUT2D eigenvalue weighted by atomic mass is 16.5. The van der Waals surface area contributed by atoms with Crippen LogP contribution in [0.1, 0.15) is 64.6 Å². The van der Waals surface area contributed by atoms with Gasteiger partial charge in [0.15, 0.2) is 0 Å². The summed E-state index contributed by atoms with van der Waals surface area (Å²) in [6.45, 7) is 8.53. The number of rotatable bonds is 8. The zero-order chi connectivity index (χ0) is 15.1. The fourth-order valence-corrected chi connectivity index (χ4v) is 3.01. The van der Waals surface area contributed by atoms with Gasteiger partial charge in [0.2, 0.25) is 0 Å². The Balaban J connectivity index is 1.90. The average Bonchev–Trinajstić information content (AvgIpc) is 2.96. The van der Waals surface area contributed by atoms with Crippen molar-refractivity contribution >= 4 is 0 Å². The molecule has 2 heterocycles. The van der Waals surface area contributed by atoms with Crippen molar-refractivity contribution in [3.8, 4) is 0 Å². The number of nitrogens with zero attached hydrogens (tertiary/aromatic N) is 2. The van der Waals surface area contributed by atoms with Crippen LogP contribution in [0.4, 0.5) is 0 Å². The number of ether oxygens (including phenoxy) is 1. The van der Waals surface area contributed by atoms with Gasteiger partial charge in [-0.2, -0.15) is 5.10 Å². The summed E-state index contributed by atoms with van der Waals surface area (Å²) >= 11 is 0. The lowest BCUT2D eigenvalue weighted by Gasteiger charge is -2.27. The highest BCUT2D eigenvalue weighted by Crippen LogP contribution is 2.19. The SMILES string of the molecule is CCNC(Cc1ccn(C(C)CC)n1)CC1CCCCO1. The normalized spacial score (nSPS) is 22.1. The van der Waals surface area contributed by atoms with Gasteiger partial charge in [-0.1, -0.05) is 13.8 Å². The second kappa shape index (κ2) is 8.54. The zero-order valence-corrected chi connectivity index (χ0v) is 13.8. The number of hydrogen-bond donors (Lipinski definition) is 1. The van der Waals surface area contributed by atoms with Gasteiger partial charge in [0.25, 0.3) is 0 Å². The van der Waals surface area contributed by atoms with Crippen LogP contribution in [0.3, 0.4) is 0 Å². The third kappa shape index (κ3) is 5.11. The number of nitrogens with one attached hydrogen (secondary N) is 1. The summed E-state index contributed by atoms with van der Waals surface area (Å²) in [5, 5.41) is 8.33. The summed E-state index contributed by atoms with van der Waals surface area (Å²) < 4.78 is 7.98. The maximum atomic E-state index is 5.89. The Labute approximate surface area is 129 Å². The Morgan fingerprint density at radius 3 is 2.95 bits per heavy atom. The maximum absolute atomic E-state index is 5.89. The van der Waals surface area contributed by atoms with Crippen molar-refractivity contribution in [2.24, 2.45) is 0 Å². The Bertz CT molecular complexity index is 398. The van der Waals surface area contributed by atoms with Crippen LogP contribution in [0, 0.1) is 0 Å². The quantitative estimate of drug-likeness (QED) is 0.799. The van der Waals surface area contributed by atoms with Crippen molar-refractivity contribution in [3.63, 3.8) is 0 Å². The van der Waals surface area contributed by atoms with Crippen LogP contribution < -0.4 is 5.32 Å². The van der Waals surface area contributed by atoms with Crippen LogP contribution in [0.5, 0.6) is 0 Å². The van der Waals surface area contributed by atoms with Crippen LogP contribution >= 0.6 is 0 Å². The van der Waals surface area contributed by atoms with Crippen molar-refractivity contribution in [1.82, 2.24) is 15.1 Å². The molecule has 0 amide bonds. The molecule has 0 aliphatic carbocycles. The van der Waals surface area contributed by atoms with Crippen molar-refractivity contribution in [2.75, 3.05) is 13.2 Å². The van der Waals surface area contributed by atoms with E-state index in [1.807, 2.05) is 0 Å². The maximum Gasteiger partial charge on any atom is 0.0640 e. The molecule has 120 valence electrons. The molecule has 0 spiro atoms. The van der Waals surface area contributed by atoms with Gasteiger partial charge in [0.05, 0.1) is 11.8 Å². The lowest BCUT2D eigenvalue weighted by molar-refractivity contribution is 0.00529. The third-order valence-electron chi connectivity index (χ3n) is 4.48. The molecule has 1 aromatic rings. The van der Waals surface area contributed by atoms with Crippen LogP contribution in [0.15, 0.2) is 12.3 Å². The van der Waals surface area contributed by atoms with Gasteiger partial charge in [-0.15, -0.1) is 0 Å². The number of aromatic nitrogens is 2. The van der Waals surface area contributed by atoms with Gasteiger partial charge in [0, 0.05) is 31.3 Å². The second-order valence-electron chi connectivity index (χ2n) is 6.23. The molecule has 1 aliphatic rings. The minimum Gasteiger partial charge on any atom is -0.378 e. The molecule has 1 fully saturated rings. The molecule has 0 aromatic carbocycles. The summed E-state index contributed by atoms with van der Waals surface area (Å²) in [4.78, 5) is 0. The number of hydrogen-bond acceptors (Lipinski definition) is 3. The predicted octanol–water partition coefficient (Wildman–Crippen LogP) is 3.33. The Hall–Kier alpha value is -0.870. The molecule has 1 saturated heterocycles. The van der Waals surface area contributed by atoms with E-state index in [1.54, 1.807) is 0 Å². The van der Waals surface area contributed by atoms with Crippen molar-refractivity contribution in [2.45, 2.75) is 77.5 Å².